The maximum Gasteiger partial charge on any atom is 0.332 e. The number of benzene rings is 1. The third-order valence-corrected chi connectivity index (χ3v) is 5.87. The molecule has 0 amide bonds. The molecule has 0 radical (unpaired) electrons. The van der Waals surface area contributed by atoms with Crippen LogP contribution in [0.15, 0.2) is 46.1 Å². The largest absolute Gasteiger partial charge is 0.379 e. The average Bonchev–Trinajstić information content (AvgIpc) is 3.32. The fourth-order valence-electron chi connectivity index (χ4n) is 4.14. The van der Waals surface area contributed by atoms with E-state index in [2.05, 4.69) is 21.6 Å². The van der Waals surface area contributed by atoms with E-state index in [1.54, 1.807) is 7.05 Å². The third-order valence-electron chi connectivity index (χ3n) is 5.87. The van der Waals surface area contributed by atoms with E-state index in [1.165, 1.54) is 11.6 Å². The van der Waals surface area contributed by atoms with Crippen molar-refractivity contribution in [2.24, 2.45) is 14.1 Å². The summed E-state index contributed by atoms with van der Waals surface area (Å²) >= 11 is 0. The van der Waals surface area contributed by atoms with Gasteiger partial charge in [-0.25, -0.2) is 4.79 Å². The lowest BCUT2D eigenvalue weighted by Gasteiger charge is -2.26. The summed E-state index contributed by atoms with van der Waals surface area (Å²) in [5.74, 6) is 0.662. The van der Waals surface area contributed by atoms with Gasteiger partial charge in [-0.2, -0.15) is 4.98 Å². The van der Waals surface area contributed by atoms with Crippen LogP contribution in [-0.4, -0.2) is 60.8 Å². The maximum atomic E-state index is 12.9. The first kappa shape index (κ1) is 18.8. The second-order valence-electron chi connectivity index (χ2n) is 7.65. The molecule has 0 aliphatic carbocycles. The van der Waals surface area contributed by atoms with Gasteiger partial charge in [0, 0.05) is 46.5 Å². The predicted molar refractivity (Wildman–Crippen MR) is 114 cm³/mol. The van der Waals surface area contributed by atoms with Crippen LogP contribution >= 0.6 is 0 Å². The van der Waals surface area contributed by atoms with Crippen LogP contribution < -0.4 is 11.2 Å². The minimum Gasteiger partial charge on any atom is -0.379 e. The molecule has 5 rings (SSSR count). The van der Waals surface area contributed by atoms with Gasteiger partial charge in [0.2, 0.25) is 5.78 Å². The van der Waals surface area contributed by atoms with Crippen molar-refractivity contribution in [2.75, 3.05) is 32.8 Å². The minimum atomic E-state index is -0.378. The molecular formula is C21H24N6O3. The van der Waals surface area contributed by atoms with Crippen molar-refractivity contribution in [1.29, 1.82) is 0 Å². The standard InChI is InChI=1S/C21H24N6O3/c1-23-18-17(19(28)24(2)21(23)29)27-14-16(15-6-4-3-5-7-15)26(20(27)22-18)9-8-25-10-12-30-13-11-25/h3-7,14H,8-13H2,1-2H3. The molecule has 9 nitrogen and oxygen atoms in total. The van der Waals surface area contributed by atoms with Gasteiger partial charge in [-0.3, -0.25) is 23.2 Å². The fourth-order valence-corrected chi connectivity index (χ4v) is 4.14. The second-order valence-corrected chi connectivity index (χ2v) is 7.65. The van der Waals surface area contributed by atoms with Crippen molar-refractivity contribution >= 4 is 16.9 Å². The van der Waals surface area contributed by atoms with Crippen molar-refractivity contribution in [2.45, 2.75) is 6.54 Å². The Bertz CT molecular complexity index is 1340. The van der Waals surface area contributed by atoms with E-state index < -0.39 is 0 Å². The quantitative estimate of drug-likeness (QED) is 0.496. The summed E-state index contributed by atoms with van der Waals surface area (Å²) < 4.78 is 12.0. The van der Waals surface area contributed by atoms with E-state index in [0.717, 1.165) is 55.2 Å². The van der Waals surface area contributed by atoms with Crippen LogP contribution in [0.2, 0.25) is 0 Å². The average molecular weight is 408 g/mol. The molecule has 0 saturated carbocycles. The number of ether oxygens (including phenoxy) is 1. The summed E-state index contributed by atoms with van der Waals surface area (Å²) in [5.41, 5.74) is 2.14. The summed E-state index contributed by atoms with van der Waals surface area (Å²) in [7, 11) is 3.14. The summed E-state index contributed by atoms with van der Waals surface area (Å²) in [4.78, 5) is 32.3. The number of aryl methyl sites for hydroxylation is 1. The molecule has 1 saturated heterocycles. The summed E-state index contributed by atoms with van der Waals surface area (Å²) in [6.07, 6.45) is 1.95. The van der Waals surface area contributed by atoms with E-state index in [4.69, 9.17) is 9.72 Å². The topological polar surface area (TPSA) is 78.7 Å². The van der Waals surface area contributed by atoms with E-state index in [9.17, 15) is 9.59 Å². The molecular weight excluding hydrogens is 384 g/mol. The zero-order valence-corrected chi connectivity index (χ0v) is 17.1. The van der Waals surface area contributed by atoms with Crippen LogP contribution in [0.1, 0.15) is 0 Å². The normalized spacial score (nSPS) is 15.4. The highest BCUT2D eigenvalue weighted by Crippen LogP contribution is 2.25. The highest BCUT2D eigenvalue weighted by molar-refractivity contribution is 5.78. The van der Waals surface area contributed by atoms with E-state index >= 15 is 0 Å². The Labute approximate surface area is 172 Å². The number of fused-ring (bicyclic) bond motifs is 3. The van der Waals surface area contributed by atoms with Gasteiger partial charge < -0.3 is 9.30 Å². The van der Waals surface area contributed by atoms with Crippen molar-refractivity contribution in [3.63, 3.8) is 0 Å². The fraction of sp³-hybridized carbons (Fsp3) is 0.381. The molecule has 9 heteroatoms. The third kappa shape index (κ3) is 2.89. The van der Waals surface area contributed by atoms with Gasteiger partial charge in [0.05, 0.1) is 18.9 Å². The molecule has 1 fully saturated rings. The van der Waals surface area contributed by atoms with E-state index in [0.29, 0.717) is 16.9 Å². The van der Waals surface area contributed by atoms with Gasteiger partial charge in [-0.05, 0) is 5.56 Å². The minimum absolute atomic E-state index is 0.342. The summed E-state index contributed by atoms with van der Waals surface area (Å²) in [6, 6.07) is 10.1. The Kier molecular flexibility index (Phi) is 4.56. The van der Waals surface area contributed by atoms with Crippen LogP contribution in [0.4, 0.5) is 0 Å². The van der Waals surface area contributed by atoms with Gasteiger partial charge in [0.15, 0.2) is 11.2 Å². The van der Waals surface area contributed by atoms with Crippen molar-refractivity contribution in [1.82, 2.24) is 28.0 Å². The first-order chi connectivity index (χ1) is 14.6. The van der Waals surface area contributed by atoms with Crippen molar-refractivity contribution < 1.29 is 4.74 Å². The first-order valence-electron chi connectivity index (χ1n) is 10.1. The highest BCUT2D eigenvalue weighted by Gasteiger charge is 2.21. The van der Waals surface area contributed by atoms with Crippen LogP contribution in [0.5, 0.6) is 0 Å². The lowest BCUT2D eigenvalue weighted by Crippen LogP contribution is -2.38. The molecule has 4 aromatic rings. The van der Waals surface area contributed by atoms with Crippen LogP contribution in [0.25, 0.3) is 28.2 Å². The molecule has 1 aromatic carbocycles. The van der Waals surface area contributed by atoms with Gasteiger partial charge in [-0.1, -0.05) is 30.3 Å². The van der Waals surface area contributed by atoms with Crippen LogP contribution in [0.3, 0.4) is 0 Å². The molecule has 30 heavy (non-hydrogen) atoms. The second kappa shape index (κ2) is 7.26. The molecule has 4 heterocycles. The molecule has 0 spiro atoms. The Balaban J connectivity index is 1.71. The van der Waals surface area contributed by atoms with Crippen LogP contribution in [0, 0.1) is 0 Å². The molecule has 0 bridgehead atoms. The number of aromatic nitrogens is 5. The first-order valence-corrected chi connectivity index (χ1v) is 10.1. The summed E-state index contributed by atoms with van der Waals surface area (Å²) in [6.45, 7) is 4.88. The highest BCUT2D eigenvalue weighted by atomic mass is 16.5. The summed E-state index contributed by atoms with van der Waals surface area (Å²) in [5, 5.41) is 0. The van der Waals surface area contributed by atoms with Gasteiger partial charge in [0.1, 0.15) is 0 Å². The SMILES string of the molecule is Cn1c(=O)c2c(nc3n(CCN4CCOCC4)c(-c4ccccc4)cn23)n(C)c1=O. The van der Waals surface area contributed by atoms with Gasteiger partial charge in [-0.15, -0.1) is 0 Å². The Morgan fingerprint density at radius 1 is 1.00 bits per heavy atom. The van der Waals surface area contributed by atoms with Gasteiger partial charge in [0.25, 0.3) is 5.56 Å². The Morgan fingerprint density at radius 2 is 1.73 bits per heavy atom. The zero-order chi connectivity index (χ0) is 20.8. The maximum absolute atomic E-state index is 12.9. The number of imidazole rings is 2. The van der Waals surface area contributed by atoms with E-state index in [-0.39, 0.29) is 11.2 Å². The molecule has 0 unspecified atom stereocenters. The van der Waals surface area contributed by atoms with Crippen molar-refractivity contribution in [3.8, 4) is 11.3 Å². The molecule has 1 aliphatic rings. The monoisotopic (exact) mass is 408 g/mol. The predicted octanol–water partition coefficient (Wildman–Crippen LogP) is 0.686. The zero-order valence-electron chi connectivity index (χ0n) is 17.1. The number of morpholine rings is 1. The molecule has 0 atom stereocenters. The number of hydrogen-bond acceptors (Lipinski definition) is 5. The Hall–Kier alpha value is -3.17. The Morgan fingerprint density at radius 3 is 2.47 bits per heavy atom. The van der Waals surface area contributed by atoms with Crippen LogP contribution in [-0.2, 0) is 25.4 Å². The molecule has 0 N–H and O–H groups in total. The number of nitrogens with zero attached hydrogens (tertiary/aromatic N) is 6. The van der Waals surface area contributed by atoms with E-state index in [1.807, 2.05) is 28.8 Å². The van der Waals surface area contributed by atoms with Crippen molar-refractivity contribution in [3.05, 3.63) is 57.4 Å². The lowest BCUT2D eigenvalue weighted by molar-refractivity contribution is 0.0365. The number of hydrogen-bond donors (Lipinski definition) is 0. The molecule has 156 valence electrons. The van der Waals surface area contributed by atoms with Gasteiger partial charge >= 0.3 is 5.69 Å². The number of rotatable bonds is 4. The molecule has 3 aromatic heterocycles. The molecule has 1 aliphatic heterocycles. The lowest BCUT2D eigenvalue weighted by atomic mass is 10.2. The smallest absolute Gasteiger partial charge is 0.332 e.